The Morgan fingerprint density at radius 3 is 2.79 bits per heavy atom. The van der Waals surface area contributed by atoms with Gasteiger partial charge in [-0.15, -0.1) is 5.10 Å². The summed E-state index contributed by atoms with van der Waals surface area (Å²) in [6.45, 7) is 0. The van der Waals surface area contributed by atoms with Crippen LogP contribution in [0, 0.1) is 0 Å². The van der Waals surface area contributed by atoms with Gasteiger partial charge in [0.15, 0.2) is 22.4 Å². The van der Waals surface area contributed by atoms with E-state index in [1.165, 1.54) is 31.2 Å². The molecule has 1 amide bonds. The largest absolute Gasteiger partial charge is 0.504 e. The van der Waals surface area contributed by atoms with Gasteiger partial charge in [0.05, 0.1) is 18.6 Å². The van der Waals surface area contributed by atoms with E-state index in [2.05, 4.69) is 31.4 Å². The van der Waals surface area contributed by atoms with Crippen LogP contribution in [0.5, 0.6) is 11.5 Å². The summed E-state index contributed by atoms with van der Waals surface area (Å²) in [5.74, 6) is -0.0219. The highest BCUT2D eigenvalue weighted by molar-refractivity contribution is 9.10. The third-order valence-corrected chi connectivity index (χ3v) is 5.47. The molecule has 9 heteroatoms. The van der Waals surface area contributed by atoms with Crippen LogP contribution in [0.15, 0.2) is 57.1 Å². The minimum atomic E-state index is -0.543. The number of carbonyl (C=O) groups is 2. The maximum Gasteiger partial charge on any atom is 0.240 e. The minimum Gasteiger partial charge on any atom is -0.504 e. The standard InChI is InChI=1S/C19H16BrN3O4S/c1-27-16-8-11(2-7-14(16)24)10-21-23-19-22-18(26)17(28-19)9-15(25)12-3-5-13(20)6-4-12/h2-8,10,17,24H,9H2,1H3,(H,22,23,26). The number of thioether (sulfide) groups is 1. The van der Waals surface area contributed by atoms with Gasteiger partial charge in [0.1, 0.15) is 0 Å². The van der Waals surface area contributed by atoms with Crippen molar-refractivity contribution in [2.45, 2.75) is 11.7 Å². The predicted octanol–water partition coefficient (Wildman–Crippen LogP) is 3.36. The molecule has 0 aliphatic carbocycles. The third kappa shape index (κ3) is 4.99. The lowest BCUT2D eigenvalue weighted by Gasteiger charge is -2.04. The molecule has 0 spiro atoms. The van der Waals surface area contributed by atoms with Crippen LogP contribution in [-0.2, 0) is 4.79 Å². The molecule has 0 saturated carbocycles. The van der Waals surface area contributed by atoms with E-state index in [1.54, 1.807) is 36.4 Å². The molecule has 3 rings (SSSR count). The molecular weight excluding hydrogens is 446 g/mol. The quantitative estimate of drug-likeness (QED) is 0.390. The van der Waals surface area contributed by atoms with Crippen molar-refractivity contribution in [1.29, 1.82) is 0 Å². The molecule has 1 aliphatic rings. The fourth-order valence-corrected chi connectivity index (χ4v) is 3.62. The van der Waals surface area contributed by atoms with Crippen LogP contribution in [0.1, 0.15) is 22.3 Å². The van der Waals surface area contributed by atoms with Crippen molar-refractivity contribution in [2.24, 2.45) is 10.2 Å². The number of aromatic hydroxyl groups is 1. The molecule has 2 aromatic carbocycles. The zero-order valence-electron chi connectivity index (χ0n) is 14.8. The van der Waals surface area contributed by atoms with Crippen molar-refractivity contribution < 1.29 is 19.4 Å². The predicted molar refractivity (Wildman–Crippen MR) is 112 cm³/mol. The van der Waals surface area contributed by atoms with Gasteiger partial charge in [-0.1, -0.05) is 39.8 Å². The lowest BCUT2D eigenvalue weighted by Crippen LogP contribution is -2.26. The van der Waals surface area contributed by atoms with Gasteiger partial charge in [-0.05, 0) is 35.9 Å². The molecule has 144 valence electrons. The molecule has 0 aromatic heterocycles. The average molecular weight is 462 g/mol. The fraction of sp³-hybridized carbons (Fsp3) is 0.158. The Morgan fingerprint density at radius 1 is 1.32 bits per heavy atom. The summed E-state index contributed by atoms with van der Waals surface area (Å²) in [7, 11) is 1.45. The summed E-state index contributed by atoms with van der Waals surface area (Å²) >= 11 is 4.50. The number of amides is 1. The van der Waals surface area contributed by atoms with E-state index in [4.69, 9.17) is 4.74 Å². The number of nitrogens with one attached hydrogen (secondary N) is 1. The molecule has 1 aliphatic heterocycles. The Kier molecular flexibility index (Phi) is 6.48. The van der Waals surface area contributed by atoms with E-state index in [0.29, 0.717) is 22.0 Å². The summed E-state index contributed by atoms with van der Waals surface area (Å²) in [5.41, 5.74) is 1.23. The molecule has 28 heavy (non-hydrogen) atoms. The Bertz CT molecular complexity index is 960. The van der Waals surface area contributed by atoms with Gasteiger partial charge in [-0.25, -0.2) is 0 Å². The summed E-state index contributed by atoms with van der Waals surface area (Å²) in [6.07, 6.45) is 1.55. The highest BCUT2D eigenvalue weighted by Gasteiger charge is 2.32. The number of benzene rings is 2. The van der Waals surface area contributed by atoms with E-state index in [9.17, 15) is 14.7 Å². The highest BCUT2D eigenvalue weighted by atomic mass is 79.9. The lowest BCUT2D eigenvalue weighted by atomic mass is 10.1. The molecule has 1 saturated heterocycles. The maximum absolute atomic E-state index is 12.3. The van der Waals surface area contributed by atoms with Crippen LogP contribution in [0.25, 0.3) is 0 Å². The van der Waals surface area contributed by atoms with Crippen molar-refractivity contribution in [1.82, 2.24) is 5.32 Å². The zero-order valence-corrected chi connectivity index (χ0v) is 17.2. The second-order valence-electron chi connectivity index (χ2n) is 5.81. The summed E-state index contributed by atoms with van der Waals surface area (Å²) in [4.78, 5) is 24.4. The van der Waals surface area contributed by atoms with E-state index < -0.39 is 5.25 Å². The Morgan fingerprint density at radius 2 is 2.07 bits per heavy atom. The van der Waals surface area contributed by atoms with Crippen LogP contribution in [-0.4, -0.2) is 40.5 Å². The van der Waals surface area contributed by atoms with Gasteiger partial charge >= 0.3 is 0 Å². The Hall–Kier alpha value is -2.65. The van der Waals surface area contributed by atoms with Crippen LogP contribution in [0.2, 0.25) is 0 Å². The molecule has 0 bridgehead atoms. The average Bonchev–Trinajstić information content (AvgIpc) is 3.02. The normalized spacial score (nSPS) is 17.9. The fourth-order valence-electron chi connectivity index (χ4n) is 2.43. The monoisotopic (exact) mass is 461 g/mol. The summed E-state index contributed by atoms with van der Waals surface area (Å²) in [5, 5.41) is 19.9. The van der Waals surface area contributed by atoms with Crippen LogP contribution in [0.4, 0.5) is 0 Å². The van der Waals surface area contributed by atoms with Crippen LogP contribution in [0.3, 0.4) is 0 Å². The smallest absolute Gasteiger partial charge is 0.240 e. The first-order chi connectivity index (χ1) is 13.5. The molecule has 1 atom stereocenters. The van der Waals surface area contributed by atoms with Gasteiger partial charge in [0.2, 0.25) is 5.91 Å². The summed E-state index contributed by atoms with van der Waals surface area (Å²) in [6, 6.07) is 11.8. The number of ketones is 1. The number of methoxy groups -OCH3 is 1. The number of hydrogen-bond acceptors (Lipinski definition) is 7. The topological polar surface area (TPSA) is 100 Å². The van der Waals surface area contributed by atoms with Gasteiger partial charge in [0, 0.05) is 16.5 Å². The van der Waals surface area contributed by atoms with Crippen molar-refractivity contribution in [3.63, 3.8) is 0 Å². The van der Waals surface area contributed by atoms with E-state index >= 15 is 0 Å². The first-order valence-corrected chi connectivity index (χ1v) is 9.88. The third-order valence-electron chi connectivity index (χ3n) is 3.87. The minimum absolute atomic E-state index is 0.0304. The number of phenolic OH excluding ortho intramolecular Hbond substituents is 1. The number of rotatable bonds is 6. The second kappa shape index (κ2) is 9.03. The molecule has 0 radical (unpaired) electrons. The van der Waals surface area contributed by atoms with E-state index in [0.717, 1.165) is 4.47 Å². The van der Waals surface area contributed by atoms with Gasteiger partial charge in [0.25, 0.3) is 0 Å². The molecule has 1 heterocycles. The van der Waals surface area contributed by atoms with Gasteiger partial charge in [-0.2, -0.15) is 5.10 Å². The first kappa shape index (κ1) is 20.1. The molecule has 2 aromatic rings. The van der Waals surface area contributed by atoms with Crippen molar-refractivity contribution in [3.05, 3.63) is 58.1 Å². The van der Waals surface area contributed by atoms with Crippen molar-refractivity contribution >= 4 is 50.8 Å². The zero-order chi connectivity index (χ0) is 20.1. The Labute approximate surface area is 174 Å². The van der Waals surface area contributed by atoms with Crippen molar-refractivity contribution in [2.75, 3.05) is 7.11 Å². The maximum atomic E-state index is 12.3. The number of amidine groups is 1. The summed E-state index contributed by atoms with van der Waals surface area (Å²) < 4.78 is 5.92. The number of Topliss-reactive ketones (excluding diaryl/α,β-unsaturated/α-hetero) is 1. The number of phenols is 1. The van der Waals surface area contributed by atoms with Crippen molar-refractivity contribution in [3.8, 4) is 11.5 Å². The molecule has 1 fully saturated rings. The van der Waals surface area contributed by atoms with Gasteiger partial charge < -0.3 is 15.2 Å². The second-order valence-corrected chi connectivity index (χ2v) is 7.92. The number of halogens is 1. The molecular formula is C19H16BrN3O4S. The van der Waals surface area contributed by atoms with Gasteiger partial charge in [-0.3, -0.25) is 9.59 Å². The number of ether oxygens (including phenoxy) is 1. The Balaban J connectivity index is 1.62. The van der Waals surface area contributed by atoms with Crippen LogP contribution < -0.4 is 10.1 Å². The number of nitrogens with zero attached hydrogens (tertiary/aromatic N) is 2. The van der Waals surface area contributed by atoms with Crippen LogP contribution >= 0.6 is 27.7 Å². The lowest BCUT2D eigenvalue weighted by molar-refractivity contribution is -0.118. The molecule has 7 nitrogen and oxygen atoms in total. The molecule has 1 unspecified atom stereocenters. The number of hydrogen-bond donors (Lipinski definition) is 2. The van der Waals surface area contributed by atoms with E-state index in [1.807, 2.05) is 0 Å². The highest BCUT2D eigenvalue weighted by Crippen LogP contribution is 2.26. The van der Waals surface area contributed by atoms with E-state index in [-0.39, 0.29) is 23.9 Å². The SMILES string of the molecule is COc1cc(C=NN=C2NC(=O)C(CC(=O)c3ccc(Br)cc3)S2)ccc1O. The molecule has 2 N–H and O–H groups in total. The number of carbonyl (C=O) groups excluding carboxylic acids is 2. The first-order valence-electron chi connectivity index (χ1n) is 8.20.